The van der Waals surface area contributed by atoms with E-state index in [4.69, 9.17) is 42.5 Å². The third kappa shape index (κ3) is 10.7. The summed E-state index contributed by atoms with van der Waals surface area (Å²) < 4.78 is 101. The van der Waals surface area contributed by atoms with Gasteiger partial charge in [-0.1, -0.05) is 53.5 Å². The van der Waals surface area contributed by atoms with Crippen molar-refractivity contribution in [3.8, 4) is 0 Å². The average Bonchev–Trinajstić information content (AvgIpc) is 3.54. The Bertz CT molecular complexity index is 2010. The van der Waals surface area contributed by atoms with E-state index in [0.717, 1.165) is 25.7 Å². The standard InChI is InChI=1S/C44H49Cl2F6N3O6.ClH/c45-36-6-5-32(25-37(36)46)42(28-55(17-19-61-42)40(58)31-21-33(43(47,48)49)24-34(22-31)44(50,51)52)11-16-53-14-9-41(10-15-53)35-4-2-1-3-30(35)23-38(41)60-27-39(57)54-12-7-29(8-13-54)26-59-20-18-56;/h1-6,21-22,24-25,29,38,56H,7-20,23,26-28H2;1H/t38-,42-;/m0./s1. The van der Waals surface area contributed by atoms with Crippen LogP contribution in [0.2, 0.25) is 10.0 Å². The Morgan fingerprint density at radius 3 is 2.18 bits per heavy atom. The van der Waals surface area contributed by atoms with E-state index < -0.39 is 40.6 Å². The van der Waals surface area contributed by atoms with Crippen molar-refractivity contribution in [2.45, 2.75) is 68.0 Å². The molecule has 18 heteroatoms. The zero-order valence-corrected chi connectivity index (χ0v) is 36.2. The molecule has 340 valence electrons. The van der Waals surface area contributed by atoms with Crippen LogP contribution < -0.4 is 0 Å². The molecule has 1 spiro atoms. The highest BCUT2D eigenvalue weighted by Gasteiger charge is 2.50. The van der Waals surface area contributed by atoms with Crippen molar-refractivity contribution in [3.05, 3.63) is 104 Å². The van der Waals surface area contributed by atoms with E-state index >= 15 is 0 Å². The minimum absolute atomic E-state index is 0. The van der Waals surface area contributed by atoms with Gasteiger partial charge in [0.25, 0.3) is 5.91 Å². The fourth-order valence-electron chi connectivity index (χ4n) is 9.47. The Labute approximate surface area is 373 Å². The lowest BCUT2D eigenvalue weighted by atomic mass is 9.72. The molecule has 7 rings (SSSR count). The first-order valence-corrected chi connectivity index (χ1v) is 21.3. The summed E-state index contributed by atoms with van der Waals surface area (Å²) in [5.74, 6) is -0.680. The Morgan fingerprint density at radius 2 is 1.53 bits per heavy atom. The van der Waals surface area contributed by atoms with Crippen LogP contribution in [0.5, 0.6) is 0 Å². The molecule has 3 heterocycles. The number of amides is 2. The van der Waals surface area contributed by atoms with E-state index in [1.165, 1.54) is 16.0 Å². The summed E-state index contributed by atoms with van der Waals surface area (Å²) in [6.07, 6.45) is -6.30. The number of carbonyl (C=O) groups is 2. The molecule has 2 amide bonds. The molecule has 0 radical (unpaired) electrons. The Morgan fingerprint density at radius 1 is 0.855 bits per heavy atom. The summed E-state index contributed by atoms with van der Waals surface area (Å²) in [6.45, 7) is 3.64. The van der Waals surface area contributed by atoms with Gasteiger partial charge in [0.15, 0.2) is 0 Å². The molecule has 2 atom stereocenters. The molecule has 0 saturated carbocycles. The summed E-state index contributed by atoms with van der Waals surface area (Å²) in [7, 11) is 0. The smallest absolute Gasteiger partial charge is 0.394 e. The summed E-state index contributed by atoms with van der Waals surface area (Å²) in [4.78, 5) is 32.6. The molecule has 3 fully saturated rings. The Balaban J connectivity index is 0.00000641. The molecule has 0 aromatic heterocycles. The zero-order valence-electron chi connectivity index (χ0n) is 33.9. The van der Waals surface area contributed by atoms with Crippen LogP contribution in [0.1, 0.15) is 70.3 Å². The highest BCUT2D eigenvalue weighted by Crippen LogP contribution is 2.48. The molecule has 0 bridgehead atoms. The molecule has 4 aliphatic rings. The van der Waals surface area contributed by atoms with Crippen molar-refractivity contribution in [1.29, 1.82) is 0 Å². The quantitative estimate of drug-likeness (QED) is 0.144. The van der Waals surface area contributed by atoms with Crippen molar-refractivity contribution in [2.75, 3.05) is 78.8 Å². The number of piperidine rings is 2. The summed E-state index contributed by atoms with van der Waals surface area (Å²) in [5, 5.41) is 9.49. The number of ether oxygens (including phenoxy) is 3. The van der Waals surface area contributed by atoms with Gasteiger partial charge in [0.05, 0.1) is 53.6 Å². The number of alkyl halides is 6. The van der Waals surface area contributed by atoms with Crippen LogP contribution in [0.3, 0.4) is 0 Å². The maximum absolute atomic E-state index is 13.9. The summed E-state index contributed by atoms with van der Waals surface area (Å²) in [5.41, 5.74) is -2.44. The van der Waals surface area contributed by atoms with Gasteiger partial charge in [0, 0.05) is 43.8 Å². The lowest BCUT2D eigenvalue weighted by Crippen LogP contribution is -2.54. The van der Waals surface area contributed by atoms with E-state index in [-0.39, 0.29) is 78.9 Å². The number of fused-ring (bicyclic) bond motifs is 2. The van der Waals surface area contributed by atoms with Gasteiger partial charge in [-0.2, -0.15) is 26.3 Å². The number of aliphatic hydroxyl groups excluding tert-OH is 1. The molecule has 3 saturated heterocycles. The second-order valence-electron chi connectivity index (χ2n) is 16.5. The van der Waals surface area contributed by atoms with E-state index in [2.05, 4.69) is 17.0 Å². The maximum Gasteiger partial charge on any atom is 0.416 e. The lowest BCUT2D eigenvalue weighted by molar-refractivity contribution is -0.143. The molecule has 0 unspecified atom stereocenters. The van der Waals surface area contributed by atoms with Gasteiger partial charge in [-0.3, -0.25) is 9.59 Å². The first-order chi connectivity index (χ1) is 29.0. The van der Waals surface area contributed by atoms with Crippen molar-refractivity contribution in [1.82, 2.24) is 14.7 Å². The SMILES string of the molecule is Cl.O=C(CO[C@H]1Cc2ccccc2C12CCN(CC[C@@]1(c3ccc(Cl)c(Cl)c3)CN(C(=O)c3cc(C(F)(F)F)cc(C(F)(F)F)c3)CCO1)CC2)N1CCC(COCCO)CC1. The number of hydrogen-bond donors (Lipinski definition) is 1. The van der Waals surface area contributed by atoms with Crippen LogP contribution in [-0.4, -0.2) is 117 Å². The normalized spacial score (nSPS) is 22.1. The minimum atomic E-state index is -5.11. The molecule has 3 aromatic carbocycles. The van der Waals surface area contributed by atoms with Crippen LogP contribution in [-0.2, 0) is 48.8 Å². The number of hydrogen-bond acceptors (Lipinski definition) is 7. The second-order valence-corrected chi connectivity index (χ2v) is 17.3. The fourth-order valence-corrected chi connectivity index (χ4v) is 9.77. The molecule has 9 nitrogen and oxygen atoms in total. The third-order valence-electron chi connectivity index (χ3n) is 12.9. The van der Waals surface area contributed by atoms with Gasteiger partial charge in [0.1, 0.15) is 12.2 Å². The molecular weight excluding hydrogens is 887 g/mol. The first kappa shape index (κ1) is 48.3. The largest absolute Gasteiger partial charge is 0.416 e. The van der Waals surface area contributed by atoms with Crippen LogP contribution in [0.25, 0.3) is 0 Å². The number of benzene rings is 3. The van der Waals surface area contributed by atoms with Gasteiger partial charge in [-0.15, -0.1) is 12.4 Å². The van der Waals surface area contributed by atoms with Gasteiger partial charge in [0.2, 0.25) is 5.91 Å². The first-order valence-electron chi connectivity index (χ1n) is 20.6. The number of rotatable bonds is 12. The number of morpholine rings is 1. The van der Waals surface area contributed by atoms with Crippen LogP contribution >= 0.6 is 35.6 Å². The van der Waals surface area contributed by atoms with E-state index in [0.29, 0.717) is 82.4 Å². The predicted molar refractivity (Wildman–Crippen MR) is 223 cm³/mol. The fraction of sp³-hybridized carbons (Fsp3) is 0.545. The molecule has 3 aliphatic heterocycles. The number of likely N-dealkylation sites (tertiary alicyclic amines) is 2. The lowest BCUT2D eigenvalue weighted by Gasteiger charge is -2.46. The number of carbonyl (C=O) groups excluding carboxylic acids is 2. The minimum Gasteiger partial charge on any atom is -0.394 e. The molecule has 62 heavy (non-hydrogen) atoms. The van der Waals surface area contributed by atoms with Crippen molar-refractivity contribution in [2.24, 2.45) is 5.92 Å². The average molecular weight is 937 g/mol. The van der Waals surface area contributed by atoms with Crippen molar-refractivity contribution >= 4 is 47.4 Å². The van der Waals surface area contributed by atoms with Gasteiger partial charge >= 0.3 is 12.4 Å². The number of nitrogens with zero attached hydrogens (tertiary/aromatic N) is 3. The molecule has 1 N–H and O–H groups in total. The molecular formula is C44H50Cl3F6N3O6. The van der Waals surface area contributed by atoms with E-state index in [1.54, 1.807) is 18.2 Å². The van der Waals surface area contributed by atoms with Gasteiger partial charge in [-0.25, -0.2) is 0 Å². The van der Waals surface area contributed by atoms with Crippen molar-refractivity contribution in [3.63, 3.8) is 0 Å². The van der Waals surface area contributed by atoms with E-state index in [9.17, 15) is 35.9 Å². The third-order valence-corrected chi connectivity index (χ3v) is 13.6. The molecule has 1 aliphatic carbocycles. The Hall–Kier alpha value is -3.15. The topological polar surface area (TPSA) is 91.8 Å². The zero-order chi connectivity index (χ0) is 43.6. The van der Waals surface area contributed by atoms with E-state index in [1.807, 2.05) is 17.0 Å². The van der Waals surface area contributed by atoms with Crippen molar-refractivity contribution < 1.29 is 55.2 Å². The Kier molecular flexibility index (Phi) is 15.5. The van der Waals surface area contributed by atoms with Gasteiger partial charge in [-0.05, 0) is 105 Å². The highest BCUT2D eigenvalue weighted by atomic mass is 35.5. The van der Waals surface area contributed by atoms with Gasteiger partial charge < -0.3 is 34.0 Å². The maximum atomic E-state index is 13.9. The van der Waals surface area contributed by atoms with Crippen LogP contribution in [0.4, 0.5) is 26.3 Å². The predicted octanol–water partition coefficient (Wildman–Crippen LogP) is 8.43. The van der Waals surface area contributed by atoms with Crippen LogP contribution in [0, 0.1) is 5.92 Å². The monoisotopic (exact) mass is 935 g/mol. The number of halogens is 9. The summed E-state index contributed by atoms with van der Waals surface area (Å²) >= 11 is 12.7. The molecule has 3 aromatic rings. The summed E-state index contributed by atoms with van der Waals surface area (Å²) in [6, 6.07) is 14.1. The second kappa shape index (κ2) is 19.9. The number of aliphatic hydroxyl groups is 1. The highest BCUT2D eigenvalue weighted by molar-refractivity contribution is 6.42. The van der Waals surface area contributed by atoms with Crippen LogP contribution in [0.15, 0.2) is 60.7 Å².